The summed E-state index contributed by atoms with van der Waals surface area (Å²) in [6.07, 6.45) is 7.53. The standard InChI is InChI=1S/C14H18N4/c1-18-9-13(8-16-18)14(17-15)12-6-5-10-3-2-4-11(10)7-12/h5-9,14,17H,2-4,15H2,1H3. The molecule has 1 atom stereocenters. The number of fused-ring (bicyclic) bond motifs is 1. The molecule has 0 saturated carbocycles. The van der Waals surface area contributed by atoms with Gasteiger partial charge in [-0.15, -0.1) is 0 Å². The Hall–Kier alpha value is -1.65. The quantitative estimate of drug-likeness (QED) is 0.633. The molecule has 1 aromatic carbocycles. The molecule has 0 aliphatic heterocycles. The van der Waals surface area contributed by atoms with Crippen LogP contribution in [0.1, 0.15) is 34.7 Å². The first kappa shape index (κ1) is 11.4. The number of hydrogen-bond donors (Lipinski definition) is 2. The van der Waals surface area contributed by atoms with Crippen LogP contribution < -0.4 is 11.3 Å². The molecule has 0 spiro atoms. The third kappa shape index (κ3) is 1.94. The number of hydrogen-bond acceptors (Lipinski definition) is 3. The zero-order valence-corrected chi connectivity index (χ0v) is 10.6. The molecule has 18 heavy (non-hydrogen) atoms. The normalized spacial score (nSPS) is 15.7. The van der Waals surface area contributed by atoms with Gasteiger partial charge in [0.15, 0.2) is 0 Å². The largest absolute Gasteiger partial charge is 0.275 e. The third-order valence-electron chi connectivity index (χ3n) is 3.68. The number of benzene rings is 1. The van der Waals surface area contributed by atoms with Crippen molar-refractivity contribution in [3.8, 4) is 0 Å². The predicted octanol–water partition coefficient (Wildman–Crippen LogP) is 1.46. The highest BCUT2D eigenvalue weighted by Gasteiger charge is 2.17. The van der Waals surface area contributed by atoms with Gasteiger partial charge in [-0.2, -0.15) is 5.10 Å². The van der Waals surface area contributed by atoms with Gasteiger partial charge in [-0.3, -0.25) is 10.5 Å². The van der Waals surface area contributed by atoms with Crippen LogP contribution in [0.3, 0.4) is 0 Å². The number of aryl methyl sites for hydroxylation is 3. The first-order valence-electron chi connectivity index (χ1n) is 6.34. The zero-order chi connectivity index (χ0) is 12.5. The van der Waals surface area contributed by atoms with Crippen LogP contribution in [0.25, 0.3) is 0 Å². The maximum absolute atomic E-state index is 5.70. The summed E-state index contributed by atoms with van der Waals surface area (Å²) in [4.78, 5) is 0. The third-order valence-corrected chi connectivity index (χ3v) is 3.68. The van der Waals surface area contributed by atoms with Gasteiger partial charge >= 0.3 is 0 Å². The smallest absolute Gasteiger partial charge is 0.0740 e. The van der Waals surface area contributed by atoms with Gasteiger partial charge in [0.25, 0.3) is 0 Å². The molecule has 0 amide bonds. The lowest BCUT2D eigenvalue weighted by atomic mass is 9.98. The fraction of sp³-hybridized carbons (Fsp3) is 0.357. The van der Waals surface area contributed by atoms with Crippen LogP contribution in [0.2, 0.25) is 0 Å². The Morgan fingerprint density at radius 3 is 2.83 bits per heavy atom. The lowest BCUT2D eigenvalue weighted by Gasteiger charge is -2.15. The highest BCUT2D eigenvalue weighted by atomic mass is 15.3. The molecule has 3 N–H and O–H groups in total. The van der Waals surface area contributed by atoms with Gasteiger partial charge in [-0.25, -0.2) is 5.43 Å². The van der Waals surface area contributed by atoms with E-state index in [9.17, 15) is 0 Å². The van der Waals surface area contributed by atoms with E-state index in [4.69, 9.17) is 5.84 Å². The number of nitrogens with two attached hydrogens (primary N) is 1. The molecule has 3 rings (SSSR count). The molecule has 1 unspecified atom stereocenters. The summed E-state index contributed by atoms with van der Waals surface area (Å²) >= 11 is 0. The van der Waals surface area contributed by atoms with Gasteiger partial charge in [0.2, 0.25) is 0 Å². The lowest BCUT2D eigenvalue weighted by Crippen LogP contribution is -2.28. The van der Waals surface area contributed by atoms with Crippen molar-refractivity contribution in [3.63, 3.8) is 0 Å². The van der Waals surface area contributed by atoms with Crippen LogP contribution in [0.15, 0.2) is 30.6 Å². The fourth-order valence-corrected chi connectivity index (χ4v) is 2.75. The van der Waals surface area contributed by atoms with Gasteiger partial charge in [-0.05, 0) is 36.0 Å². The SMILES string of the molecule is Cn1cc(C(NN)c2ccc3c(c2)CCC3)cn1. The molecule has 2 aromatic rings. The molecular weight excluding hydrogens is 224 g/mol. The molecule has 4 nitrogen and oxygen atoms in total. The van der Waals surface area contributed by atoms with Gasteiger partial charge in [0, 0.05) is 18.8 Å². The maximum Gasteiger partial charge on any atom is 0.0740 e. The van der Waals surface area contributed by atoms with Crippen LogP contribution >= 0.6 is 0 Å². The van der Waals surface area contributed by atoms with E-state index >= 15 is 0 Å². The van der Waals surface area contributed by atoms with E-state index in [1.54, 1.807) is 4.68 Å². The molecule has 4 heteroatoms. The van der Waals surface area contributed by atoms with Crippen molar-refractivity contribution >= 4 is 0 Å². The summed E-state index contributed by atoms with van der Waals surface area (Å²) in [6.45, 7) is 0. The van der Waals surface area contributed by atoms with Crippen LogP contribution in [0, 0.1) is 0 Å². The van der Waals surface area contributed by atoms with E-state index in [1.807, 2.05) is 19.4 Å². The minimum Gasteiger partial charge on any atom is -0.275 e. The summed E-state index contributed by atoms with van der Waals surface area (Å²) in [5, 5.41) is 4.20. The van der Waals surface area contributed by atoms with Crippen molar-refractivity contribution in [1.82, 2.24) is 15.2 Å². The number of aromatic nitrogens is 2. The van der Waals surface area contributed by atoms with Crippen molar-refractivity contribution in [1.29, 1.82) is 0 Å². The Labute approximate surface area is 107 Å². The highest BCUT2D eigenvalue weighted by Crippen LogP contribution is 2.27. The van der Waals surface area contributed by atoms with Gasteiger partial charge in [0.05, 0.1) is 12.2 Å². The lowest BCUT2D eigenvalue weighted by molar-refractivity contribution is 0.635. The number of nitrogens with zero attached hydrogens (tertiary/aromatic N) is 2. The van der Waals surface area contributed by atoms with E-state index in [-0.39, 0.29) is 6.04 Å². The van der Waals surface area contributed by atoms with Crippen molar-refractivity contribution < 1.29 is 0 Å². The number of hydrazine groups is 1. The van der Waals surface area contributed by atoms with Crippen LogP contribution in [0.5, 0.6) is 0 Å². The van der Waals surface area contributed by atoms with Gasteiger partial charge < -0.3 is 0 Å². The molecule has 0 radical (unpaired) electrons. The average Bonchev–Trinajstić information content (AvgIpc) is 2.99. The van der Waals surface area contributed by atoms with Crippen LogP contribution in [0.4, 0.5) is 0 Å². The Bertz CT molecular complexity index is 559. The molecular formula is C14H18N4. The van der Waals surface area contributed by atoms with E-state index in [1.165, 1.54) is 36.0 Å². The summed E-state index contributed by atoms with van der Waals surface area (Å²) in [6, 6.07) is 6.70. The summed E-state index contributed by atoms with van der Waals surface area (Å²) < 4.78 is 1.80. The highest BCUT2D eigenvalue weighted by molar-refractivity contribution is 5.39. The Morgan fingerprint density at radius 1 is 1.28 bits per heavy atom. The molecule has 0 saturated heterocycles. The predicted molar refractivity (Wildman–Crippen MR) is 70.8 cm³/mol. The summed E-state index contributed by atoms with van der Waals surface area (Å²) in [5.41, 5.74) is 8.15. The first-order valence-corrected chi connectivity index (χ1v) is 6.34. The topological polar surface area (TPSA) is 55.9 Å². The van der Waals surface area contributed by atoms with Crippen LogP contribution in [-0.4, -0.2) is 9.78 Å². The van der Waals surface area contributed by atoms with E-state index in [2.05, 4.69) is 28.7 Å². The van der Waals surface area contributed by atoms with Gasteiger partial charge in [-0.1, -0.05) is 18.2 Å². The zero-order valence-electron chi connectivity index (χ0n) is 10.6. The minimum atomic E-state index is 0.0181. The maximum atomic E-state index is 5.70. The van der Waals surface area contributed by atoms with Crippen LogP contribution in [-0.2, 0) is 19.9 Å². The van der Waals surface area contributed by atoms with E-state index in [0.29, 0.717) is 0 Å². The fourth-order valence-electron chi connectivity index (χ4n) is 2.75. The molecule has 1 heterocycles. The second-order valence-electron chi connectivity index (χ2n) is 4.93. The second kappa shape index (κ2) is 4.55. The van der Waals surface area contributed by atoms with Crippen molar-refractivity contribution in [2.45, 2.75) is 25.3 Å². The monoisotopic (exact) mass is 242 g/mol. The van der Waals surface area contributed by atoms with E-state index < -0.39 is 0 Å². The molecule has 1 aromatic heterocycles. The summed E-state index contributed by atoms with van der Waals surface area (Å²) in [7, 11) is 1.92. The molecule has 0 fully saturated rings. The Kier molecular flexibility index (Phi) is 2.89. The Balaban J connectivity index is 1.96. The average molecular weight is 242 g/mol. The second-order valence-corrected chi connectivity index (χ2v) is 4.93. The minimum absolute atomic E-state index is 0.0181. The van der Waals surface area contributed by atoms with Crippen molar-refractivity contribution in [2.75, 3.05) is 0 Å². The van der Waals surface area contributed by atoms with Crippen molar-refractivity contribution in [3.05, 3.63) is 52.8 Å². The molecule has 1 aliphatic rings. The number of nitrogens with one attached hydrogen (secondary N) is 1. The summed E-state index contributed by atoms with van der Waals surface area (Å²) in [5.74, 6) is 5.70. The van der Waals surface area contributed by atoms with E-state index in [0.717, 1.165) is 5.56 Å². The van der Waals surface area contributed by atoms with Crippen molar-refractivity contribution in [2.24, 2.45) is 12.9 Å². The Morgan fingerprint density at radius 2 is 2.11 bits per heavy atom. The first-order chi connectivity index (χ1) is 8.78. The molecule has 94 valence electrons. The molecule has 0 bridgehead atoms. The molecule has 1 aliphatic carbocycles. The van der Waals surface area contributed by atoms with Gasteiger partial charge in [0.1, 0.15) is 0 Å². The number of rotatable bonds is 3.